The first kappa shape index (κ1) is 15.1. The maximum absolute atomic E-state index is 12.5. The Kier molecular flexibility index (Phi) is 3.78. The van der Waals surface area contributed by atoms with Gasteiger partial charge in [-0.2, -0.15) is 13.2 Å². The van der Waals surface area contributed by atoms with Gasteiger partial charge in [0.15, 0.2) is 0 Å². The van der Waals surface area contributed by atoms with Gasteiger partial charge in [0.1, 0.15) is 0 Å². The van der Waals surface area contributed by atoms with E-state index in [1.807, 2.05) is 0 Å². The average Bonchev–Trinajstić information content (AvgIpc) is 2.38. The summed E-state index contributed by atoms with van der Waals surface area (Å²) in [6, 6.07) is 4.55. The predicted octanol–water partition coefficient (Wildman–Crippen LogP) is 3.21. The summed E-state index contributed by atoms with van der Waals surface area (Å²) in [5, 5.41) is 8.56. The predicted molar refractivity (Wildman–Crippen MR) is 69.0 cm³/mol. The molecule has 0 aliphatic carbocycles. The number of carboxylic acid groups (broad SMARTS) is 1. The lowest BCUT2D eigenvalue weighted by molar-refractivity contribution is -0.137. The van der Waals surface area contributed by atoms with Crippen molar-refractivity contribution in [2.75, 3.05) is 0 Å². The fraction of sp³-hybridized carbons (Fsp3) is 0.0769. The van der Waals surface area contributed by atoms with E-state index in [0.717, 1.165) is 35.0 Å². The summed E-state index contributed by atoms with van der Waals surface area (Å²) >= 11 is 5.77. The van der Waals surface area contributed by atoms with E-state index >= 15 is 0 Å². The summed E-state index contributed by atoms with van der Waals surface area (Å²) in [7, 11) is 0. The molecule has 1 aromatic heterocycles. The molecule has 8 heteroatoms. The van der Waals surface area contributed by atoms with Gasteiger partial charge >= 0.3 is 12.1 Å². The third kappa shape index (κ3) is 3.08. The summed E-state index contributed by atoms with van der Waals surface area (Å²) in [4.78, 5) is 22.6. The molecule has 0 amide bonds. The van der Waals surface area contributed by atoms with Crippen molar-refractivity contribution in [1.82, 2.24) is 4.57 Å². The van der Waals surface area contributed by atoms with Gasteiger partial charge in [0.05, 0.1) is 21.8 Å². The van der Waals surface area contributed by atoms with Crippen molar-refractivity contribution >= 4 is 17.6 Å². The van der Waals surface area contributed by atoms with E-state index in [2.05, 4.69) is 0 Å². The molecule has 1 N–H and O–H groups in total. The molecule has 0 saturated carbocycles. The molecule has 0 atom stereocenters. The van der Waals surface area contributed by atoms with E-state index in [1.165, 1.54) is 0 Å². The van der Waals surface area contributed by atoms with Gasteiger partial charge < -0.3 is 5.11 Å². The van der Waals surface area contributed by atoms with Crippen LogP contribution in [0.5, 0.6) is 0 Å². The number of aromatic nitrogens is 1. The van der Waals surface area contributed by atoms with Crippen molar-refractivity contribution in [3.8, 4) is 5.69 Å². The first-order valence-electron chi connectivity index (χ1n) is 5.53. The Morgan fingerprint density at radius 3 is 2.38 bits per heavy atom. The van der Waals surface area contributed by atoms with Gasteiger partial charge in [0.2, 0.25) is 0 Å². The molecule has 2 rings (SSSR count). The standard InChI is InChI=1S/C13H7ClF3NO3/c14-9-5-8(13(15,16)17)2-3-10(9)18-6-7(12(20)21)1-4-11(18)19/h1-6H,(H,20,21). The second-order valence-electron chi connectivity index (χ2n) is 4.10. The number of rotatable bonds is 2. The number of aromatic carboxylic acids is 1. The smallest absolute Gasteiger partial charge is 0.416 e. The molecule has 0 bridgehead atoms. The highest BCUT2D eigenvalue weighted by molar-refractivity contribution is 6.32. The molecular formula is C13H7ClF3NO3. The van der Waals surface area contributed by atoms with E-state index in [0.29, 0.717) is 6.07 Å². The van der Waals surface area contributed by atoms with Crippen LogP contribution in [0.25, 0.3) is 5.69 Å². The van der Waals surface area contributed by atoms with Gasteiger partial charge in [-0.3, -0.25) is 9.36 Å². The SMILES string of the molecule is O=C(O)c1ccc(=O)n(-c2ccc(C(F)(F)F)cc2Cl)c1. The van der Waals surface area contributed by atoms with Crippen molar-refractivity contribution in [2.24, 2.45) is 0 Å². The maximum Gasteiger partial charge on any atom is 0.416 e. The molecule has 0 unspecified atom stereocenters. The van der Waals surface area contributed by atoms with Crippen molar-refractivity contribution in [3.63, 3.8) is 0 Å². The molecule has 0 aliphatic rings. The number of benzene rings is 1. The number of hydrogen-bond acceptors (Lipinski definition) is 2. The molecule has 1 heterocycles. The van der Waals surface area contributed by atoms with Crippen molar-refractivity contribution in [3.05, 3.63) is 63.0 Å². The van der Waals surface area contributed by atoms with Crippen molar-refractivity contribution in [2.45, 2.75) is 6.18 Å². The third-order valence-corrected chi connectivity index (χ3v) is 3.00. The summed E-state index contributed by atoms with van der Waals surface area (Å²) < 4.78 is 38.5. The molecule has 110 valence electrons. The molecule has 4 nitrogen and oxygen atoms in total. The van der Waals surface area contributed by atoms with E-state index < -0.39 is 23.3 Å². The Hall–Kier alpha value is -2.28. The number of alkyl halides is 3. The summed E-state index contributed by atoms with van der Waals surface area (Å²) in [6.07, 6.45) is -3.56. The molecule has 21 heavy (non-hydrogen) atoms. The molecule has 1 aromatic carbocycles. The van der Waals surface area contributed by atoms with Gasteiger partial charge in [0.25, 0.3) is 5.56 Å². The van der Waals surface area contributed by atoms with E-state index in [-0.39, 0.29) is 16.3 Å². The van der Waals surface area contributed by atoms with Crippen LogP contribution in [0.15, 0.2) is 41.3 Å². The van der Waals surface area contributed by atoms with Crippen LogP contribution in [0.2, 0.25) is 5.02 Å². The fourth-order valence-electron chi connectivity index (χ4n) is 1.68. The number of carbonyl (C=O) groups is 1. The molecule has 0 spiro atoms. The quantitative estimate of drug-likeness (QED) is 0.925. The number of nitrogens with zero attached hydrogens (tertiary/aromatic N) is 1. The summed E-state index contributed by atoms with van der Waals surface area (Å²) in [5.41, 5.74) is -1.79. The minimum atomic E-state index is -4.56. The second kappa shape index (κ2) is 5.25. The first-order valence-corrected chi connectivity index (χ1v) is 5.91. The lowest BCUT2D eigenvalue weighted by Crippen LogP contribution is -2.19. The molecule has 0 saturated heterocycles. The topological polar surface area (TPSA) is 59.3 Å². The van der Waals surface area contributed by atoms with Gasteiger partial charge in [-0.05, 0) is 24.3 Å². The minimum absolute atomic E-state index is 0.0298. The minimum Gasteiger partial charge on any atom is -0.478 e. The van der Waals surface area contributed by atoms with Crippen LogP contribution in [0.4, 0.5) is 13.2 Å². The largest absolute Gasteiger partial charge is 0.478 e. The Bertz CT molecular complexity index is 768. The maximum atomic E-state index is 12.5. The van der Waals surface area contributed by atoms with Crippen LogP contribution in [-0.2, 0) is 6.18 Å². The van der Waals surface area contributed by atoms with Crippen LogP contribution in [0.3, 0.4) is 0 Å². The van der Waals surface area contributed by atoms with Gasteiger partial charge in [0, 0.05) is 12.3 Å². The van der Waals surface area contributed by atoms with Crippen LogP contribution in [0.1, 0.15) is 15.9 Å². The Labute approximate surface area is 121 Å². The normalized spacial score (nSPS) is 11.4. The second-order valence-corrected chi connectivity index (χ2v) is 4.50. The van der Waals surface area contributed by atoms with Gasteiger partial charge in [-0.1, -0.05) is 11.6 Å². The Balaban J connectivity index is 2.60. The zero-order chi connectivity index (χ0) is 15.8. The highest BCUT2D eigenvalue weighted by Gasteiger charge is 2.31. The molecule has 0 fully saturated rings. The van der Waals surface area contributed by atoms with E-state index in [1.54, 1.807) is 0 Å². The van der Waals surface area contributed by atoms with Crippen LogP contribution < -0.4 is 5.56 Å². The van der Waals surface area contributed by atoms with Crippen LogP contribution in [0, 0.1) is 0 Å². The third-order valence-electron chi connectivity index (χ3n) is 2.69. The number of hydrogen-bond donors (Lipinski definition) is 1. The Morgan fingerprint density at radius 2 is 1.86 bits per heavy atom. The highest BCUT2D eigenvalue weighted by Crippen LogP contribution is 2.32. The van der Waals surface area contributed by atoms with Gasteiger partial charge in [-0.25, -0.2) is 4.79 Å². The van der Waals surface area contributed by atoms with Crippen LogP contribution >= 0.6 is 11.6 Å². The number of carboxylic acids is 1. The van der Waals surface area contributed by atoms with Crippen molar-refractivity contribution < 1.29 is 23.1 Å². The van der Waals surface area contributed by atoms with E-state index in [9.17, 15) is 22.8 Å². The number of pyridine rings is 1. The molecular weight excluding hydrogens is 311 g/mol. The molecule has 0 radical (unpaired) electrons. The van der Waals surface area contributed by atoms with Crippen LogP contribution in [-0.4, -0.2) is 15.6 Å². The van der Waals surface area contributed by atoms with Gasteiger partial charge in [-0.15, -0.1) is 0 Å². The number of halogens is 4. The summed E-state index contributed by atoms with van der Waals surface area (Å²) in [6.45, 7) is 0. The van der Waals surface area contributed by atoms with Crippen molar-refractivity contribution in [1.29, 1.82) is 0 Å². The first-order chi connectivity index (χ1) is 9.70. The average molecular weight is 318 g/mol. The van der Waals surface area contributed by atoms with E-state index in [4.69, 9.17) is 16.7 Å². The molecule has 2 aromatic rings. The summed E-state index contributed by atoms with van der Waals surface area (Å²) in [5.74, 6) is -1.27. The monoisotopic (exact) mass is 317 g/mol. The lowest BCUT2D eigenvalue weighted by atomic mass is 10.2. The lowest BCUT2D eigenvalue weighted by Gasteiger charge is -2.12. The zero-order valence-electron chi connectivity index (χ0n) is 10.2. The Morgan fingerprint density at radius 1 is 1.19 bits per heavy atom. The highest BCUT2D eigenvalue weighted by atomic mass is 35.5. The molecule has 0 aliphatic heterocycles. The fourth-order valence-corrected chi connectivity index (χ4v) is 1.95. The zero-order valence-corrected chi connectivity index (χ0v) is 10.9.